The first-order valence-electron chi connectivity index (χ1n) is 6.22. The van der Waals surface area contributed by atoms with E-state index in [1.165, 1.54) is 0 Å². The van der Waals surface area contributed by atoms with Crippen molar-refractivity contribution in [2.45, 2.75) is 25.4 Å². The Morgan fingerprint density at radius 1 is 1.56 bits per heavy atom. The number of rotatable bonds is 2. The van der Waals surface area contributed by atoms with Crippen LogP contribution in [0.25, 0.3) is 0 Å². The van der Waals surface area contributed by atoms with Crippen molar-refractivity contribution >= 4 is 5.91 Å². The van der Waals surface area contributed by atoms with Crippen molar-refractivity contribution in [1.82, 2.24) is 24.9 Å². The predicted molar refractivity (Wildman–Crippen MR) is 65.9 cm³/mol. The van der Waals surface area contributed by atoms with Crippen LogP contribution >= 0.6 is 0 Å². The Bertz CT molecular complexity index is 467. The van der Waals surface area contributed by atoms with E-state index in [-0.39, 0.29) is 11.9 Å². The van der Waals surface area contributed by atoms with E-state index in [4.69, 9.17) is 0 Å². The molecular weight excluding hydrogens is 230 g/mol. The summed E-state index contributed by atoms with van der Waals surface area (Å²) in [6, 6.07) is 0.211. The molecule has 0 radical (unpaired) electrons. The highest BCUT2D eigenvalue weighted by Crippen LogP contribution is 2.21. The molecular formula is C12H17N5O. The molecule has 1 amide bonds. The lowest BCUT2D eigenvalue weighted by molar-refractivity contribution is -0.128. The highest BCUT2D eigenvalue weighted by molar-refractivity contribution is 5.78. The minimum absolute atomic E-state index is 0.189. The molecule has 6 heteroatoms. The van der Waals surface area contributed by atoms with Gasteiger partial charge in [-0.3, -0.25) is 9.80 Å². The number of hydrogen-bond donors (Lipinski definition) is 1. The highest BCUT2D eigenvalue weighted by atomic mass is 16.2. The van der Waals surface area contributed by atoms with Crippen molar-refractivity contribution in [3.63, 3.8) is 0 Å². The van der Waals surface area contributed by atoms with Crippen molar-refractivity contribution in [2.75, 3.05) is 13.6 Å². The standard InChI is InChI=1S/C12H17N5O/c1-15-11-7-10(8-16-6-4-13-9-16)14-17(11)5-2-3-12(15)18/h4,6-7,9-10,14H,2-3,5,8H2,1H3. The summed E-state index contributed by atoms with van der Waals surface area (Å²) in [4.78, 5) is 17.6. The normalized spacial score (nSPS) is 23.9. The fourth-order valence-electron chi connectivity index (χ4n) is 2.44. The average Bonchev–Trinajstić information content (AvgIpc) is 2.96. The van der Waals surface area contributed by atoms with Crippen molar-refractivity contribution in [1.29, 1.82) is 0 Å². The van der Waals surface area contributed by atoms with Gasteiger partial charge in [-0.05, 0) is 12.5 Å². The lowest BCUT2D eigenvalue weighted by atomic mass is 10.3. The summed E-state index contributed by atoms with van der Waals surface area (Å²) in [5.41, 5.74) is 3.42. The number of carbonyl (C=O) groups is 1. The number of amides is 1. The molecule has 96 valence electrons. The van der Waals surface area contributed by atoms with E-state index < -0.39 is 0 Å². The first-order valence-corrected chi connectivity index (χ1v) is 6.22. The molecule has 1 aromatic rings. The van der Waals surface area contributed by atoms with Gasteiger partial charge in [-0.15, -0.1) is 0 Å². The second kappa shape index (κ2) is 4.45. The summed E-state index contributed by atoms with van der Waals surface area (Å²) in [7, 11) is 1.84. The van der Waals surface area contributed by atoms with Crippen molar-refractivity contribution < 1.29 is 4.79 Å². The zero-order chi connectivity index (χ0) is 12.5. The maximum atomic E-state index is 11.8. The average molecular weight is 247 g/mol. The number of hydrazine groups is 1. The van der Waals surface area contributed by atoms with Crippen LogP contribution in [0.5, 0.6) is 0 Å². The summed E-state index contributed by atoms with van der Waals surface area (Å²) >= 11 is 0. The van der Waals surface area contributed by atoms with Gasteiger partial charge in [-0.25, -0.2) is 10.4 Å². The lowest BCUT2D eigenvalue weighted by Gasteiger charge is -2.25. The highest BCUT2D eigenvalue weighted by Gasteiger charge is 2.30. The van der Waals surface area contributed by atoms with E-state index in [1.54, 1.807) is 17.4 Å². The van der Waals surface area contributed by atoms with Crippen molar-refractivity contribution in [3.8, 4) is 0 Å². The SMILES string of the molecule is CN1C(=O)CCCN2NC(Cn3ccnc3)C=C21. The van der Waals surface area contributed by atoms with Crippen LogP contribution in [0.1, 0.15) is 12.8 Å². The minimum atomic E-state index is 0.189. The molecule has 0 bridgehead atoms. The Labute approximate surface area is 106 Å². The molecule has 3 rings (SSSR count). The molecule has 18 heavy (non-hydrogen) atoms. The third-order valence-corrected chi connectivity index (χ3v) is 3.41. The van der Waals surface area contributed by atoms with E-state index in [0.717, 1.165) is 25.3 Å². The Balaban J connectivity index is 1.76. The predicted octanol–water partition coefficient (Wildman–Crippen LogP) is 0.166. The van der Waals surface area contributed by atoms with Crippen LogP contribution in [-0.2, 0) is 11.3 Å². The van der Waals surface area contributed by atoms with Gasteiger partial charge in [-0.2, -0.15) is 0 Å². The molecule has 0 saturated carbocycles. The van der Waals surface area contributed by atoms with Crippen LogP contribution in [0.3, 0.4) is 0 Å². The Hall–Kier alpha value is -1.82. The Morgan fingerprint density at radius 3 is 3.22 bits per heavy atom. The van der Waals surface area contributed by atoms with Gasteiger partial charge < -0.3 is 9.47 Å². The zero-order valence-corrected chi connectivity index (χ0v) is 10.4. The lowest BCUT2D eigenvalue weighted by Crippen LogP contribution is -2.41. The zero-order valence-electron chi connectivity index (χ0n) is 10.4. The smallest absolute Gasteiger partial charge is 0.227 e. The third-order valence-electron chi connectivity index (χ3n) is 3.41. The largest absolute Gasteiger partial charge is 0.336 e. The summed E-state index contributed by atoms with van der Waals surface area (Å²) in [5, 5.41) is 2.08. The van der Waals surface area contributed by atoms with E-state index in [1.807, 2.05) is 17.8 Å². The Morgan fingerprint density at radius 2 is 2.44 bits per heavy atom. The van der Waals surface area contributed by atoms with E-state index >= 15 is 0 Å². The molecule has 1 N–H and O–H groups in total. The van der Waals surface area contributed by atoms with E-state index in [2.05, 4.69) is 21.5 Å². The topological polar surface area (TPSA) is 53.4 Å². The van der Waals surface area contributed by atoms with Gasteiger partial charge in [0.05, 0.1) is 12.4 Å². The summed E-state index contributed by atoms with van der Waals surface area (Å²) in [6.07, 6.45) is 9.15. The molecule has 0 aromatic carbocycles. The quantitative estimate of drug-likeness (QED) is 0.809. The number of imidazole rings is 1. The van der Waals surface area contributed by atoms with Crippen LogP contribution in [0, 0.1) is 0 Å². The molecule has 1 fully saturated rings. The first-order chi connectivity index (χ1) is 8.74. The first kappa shape index (κ1) is 11.3. The molecule has 1 unspecified atom stereocenters. The van der Waals surface area contributed by atoms with Crippen LogP contribution in [0.2, 0.25) is 0 Å². The van der Waals surface area contributed by atoms with E-state index in [0.29, 0.717) is 6.42 Å². The maximum Gasteiger partial charge on any atom is 0.227 e. The second-order valence-electron chi connectivity index (χ2n) is 4.73. The van der Waals surface area contributed by atoms with Crippen molar-refractivity contribution in [2.24, 2.45) is 0 Å². The number of fused-ring (bicyclic) bond motifs is 1. The van der Waals surface area contributed by atoms with Gasteiger partial charge in [0, 0.05) is 39.0 Å². The number of nitrogens with one attached hydrogen (secondary N) is 1. The molecule has 2 aliphatic rings. The summed E-state index contributed by atoms with van der Waals surface area (Å²) in [5.74, 6) is 1.16. The molecule has 0 aliphatic carbocycles. The van der Waals surface area contributed by atoms with E-state index in [9.17, 15) is 4.79 Å². The molecule has 6 nitrogen and oxygen atoms in total. The third kappa shape index (κ3) is 1.99. The second-order valence-corrected chi connectivity index (χ2v) is 4.73. The van der Waals surface area contributed by atoms with Gasteiger partial charge in [0.25, 0.3) is 0 Å². The van der Waals surface area contributed by atoms with Gasteiger partial charge in [0.1, 0.15) is 5.82 Å². The van der Waals surface area contributed by atoms with Gasteiger partial charge in [0.2, 0.25) is 5.91 Å². The fraction of sp³-hybridized carbons (Fsp3) is 0.500. The van der Waals surface area contributed by atoms with Crippen LogP contribution < -0.4 is 5.43 Å². The number of hydrogen-bond acceptors (Lipinski definition) is 4. The van der Waals surface area contributed by atoms with Crippen LogP contribution in [0.15, 0.2) is 30.6 Å². The Kier molecular flexibility index (Phi) is 2.79. The number of aromatic nitrogens is 2. The maximum absolute atomic E-state index is 11.8. The van der Waals surface area contributed by atoms with Gasteiger partial charge in [0.15, 0.2) is 0 Å². The number of nitrogens with zero attached hydrogens (tertiary/aromatic N) is 4. The van der Waals surface area contributed by atoms with Gasteiger partial charge >= 0.3 is 0 Å². The summed E-state index contributed by atoms with van der Waals surface area (Å²) in [6.45, 7) is 1.70. The molecule has 1 saturated heterocycles. The van der Waals surface area contributed by atoms with Gasteiger partial charge in [-0.1, -0.05) is 0 Å². The monoisotopic (exact) mass is 247 g/mol. The van der Waals surface area contributed by atoms with Crippen LogP contribution in [-0.4, -0.2) is 45.0 Å². The van der Waals surface area contributed by atoms with Crippen molar-refractivity contribution in [3.05, 3.63) is 30.6 Å². The summed E-state index contributed by atoms with van der Waals surface area (Å²) < 4.78 is 2.03. The molecule has 3 heterocycles. The minimum Gasteiger partial charge on any atom is -0.336 e. The van der Waals surface area contributed by atoms with Crippen LogP contribution in [0.4, 0.5) is 0 Å². The molecule has 1 aromatic heterocycles. The molecule has 2 aliphatic heterocycles. The fourth-order valence-corrected chi connectivity index (χ4v) is 2.44. The number of carbonyl (C=O) groups excluding carboxylic acids is 1. The molecule has 0 spiro atoms. The molecule has 1 atom stereocenters.